The molecule has 0 saturated heterocycles. The second kappa shape index (κ2) is 8.54. The molecule has 0 saturated carbocycles. The Hall–Kier alpha value is -3.63. The van der Waals surface area contributed by atoms with E-state index >= 15 is 0 Å². The summed E-state index contributed by atoms with van der Waals surface area (Å²) in [6, 6.07) is 8.81. The van der Waals surface area contributed by atoms with E-state index in [0.717, 1.165) is 17.7 Å². The fourth-order valence-corrected chi connectivity index (χ4v) is 5.44. The molecule has 35 heavy (non-hydrogen) atoms. The minimum absolute atomic E-state index is 0.107. The van der Waals surface area contributed by atoms with Crippen molar-refractivity contribution in [1.82, 2.24) is 4.90 Å². The fraction of sp³-hybridized carbons (Fsp3) is 0.400. The number of nitrogens with zero attached hydrogens (tertiary/aromatic N) is 2. The molecule has 2 aromatic carbocycles. The van der Waals surface area contributed by atoms with Gasteiger partial charge in [-0.2, -0.15) is 0 Å². The van der Waals surface area contributed by atoms with Gasteiger partial charge in [0.05, 0.1) is 23.6 Å². The van der Waals surface area contributed by atoms with Gasteiger partial charge in [-0.1, -0.05) is 13.0 Å². The smallest absolute Gasteiger partial charge is 0.493 e. The highest BCUT2D eigenvalue weighted by Gasteiger charge is 2.60. The molecule has 10 heteroatoms. The first-order valence-electron chi connectivity index (χ1n) is 11.4. The molecule has 0 bridgehead atoms. The SMILES string of the molecule is CCN(C)C1Cc2ccc(OC)c3c2C2[C@@H](O3)C(OC(=O)Oc3ccc([N+](=O)[O-])cc3)=CC[C@]21O. The summed E-state index contributed by atoms with van der Waals surface area (Å²) in [6.07, 6.45) is 0.865. The molecule has 3 aliphatic rings. The van der Waals surface area contributed by atoms with Crippen LogP contribution in [0.2, 0.25) is 0 Å². The molecule has 2 unspecified atom stereocenters. The highest BCUT2D eigenvalue weighted by Crippen LogP contribution is 2.59. The van der Waals surface area contributed by atoms with E-state index in [-0.39, 0.29) is 29.7 Å². The number of hydrogen-bond acceptors (Lipinski definition) is 9. The largest absolute Gasteiger partial charge is 0.519 e. The van der Waals surface area contributed by atoms with Crippen molar-refractivity contribution in [2.75, 3.05) is 20.7 Å². The molecule has 2 aliphatic carbocycles. The van der Waals surface area contributed by atoms with Gasteiger partial charge in [0, 0.05) is 30.2 Å². The molecule has 4 atom stereocenters. The van der Waals surface area contributed by atoms with E-state index in [4.69, 9.17) is 18.9 Å². The average Bonchev–Trinajstić information content (AvgIpc) is 3.26. The Kier molecular flexibility index (Phi) is 5.65. The maximum atomic E-state index is 12.6. The standard InChI is InChI=1S/C25H26N2O8/c1-4-26(2)19-13-14-5-10-17(32-3)22-20(14)21-23(35-22)18(11-12-25(19,21)29)34-24(28)33-16-8-6-15(7-9-16)27(30)31/h5-11,19,21,23,29H,4,12-13H2,1-3H3/t19?,21?,23-,25+/m0/s1. The molecule has 5 rings (SSSR count). The molecule has 0 fully saturated rings. The van der Waals surface area contributed by atoms with E-state index in [1.54, 1.807) is 13.2 Å². The van der Waals surface area contributed by atoms with Gasteiger partial charge in [-0.25, -0.2) is 4.79 Å². The van der Waals surface area contributed by atoms with Crippen molar-refractivity contribution in [2.45, 2.75) is 43.4 Å². The molecule has 1 N–H and O–H groups in total. The average molecular weight is 482 g/mol. The number of carbonyl (C=O) groups is 1. The lowest BCUT2D eigenvalue weighted by Crippen LogP contribution is -2.61. The van der Waals surface area contributed by atoms with Crippen LogP contribution >= 0.6 is 0 Å². The van der Waals surface area contributed by atoms with Crippen LogP contribution in [0.25, 0.3) is 0 Å². The summed E-state index contributed by atoms with van der Waals surface area (Å²) in [6.45, 7) is 2.81. The zero-order valence-corrected chi connectivity index (χ0v) is 19.6. The molecule has 1 aliphatic heterocycles. The molecule has 0 radical (unpaired) electrons. The molecule has 0 spiro atoms. The van der Waals surface area contributed by atoms with Gasteiger partial charge in [0.25, 0.3) is 5.69 Å². The molecule has 0 amide bonds. The minimum atomic E-state index is -1.13. The Morgan fingerprint density at radius 3 is 2.66 bits per heavy atom. The number of rotatable bonds is 6. The van der Waals surface area contributed by atoms with Gasteiger partial charge in [-0.05, 0) is 49.9 Å². The topological polar surface area (TPSA) is 121 Å². The lowest BCUT2D eigenvalue weighted by molar-refractivity contribution is -0.384. The van der Waals surface area contributed by atoms with Crippen LogP contribution in [0.15, 0.2) is 48.2 Å². The number of nitro groups is 1. The third-order valence-electron chi connectivity index (χ3n) is 7.25. The van der Waals surface area contributed by atoms with Crippen LogP contribution in [0.5, 0.6) is 17.2 Å². The van der Waals surface area contributed by atoms with Crippen LogP contribution in [0.4, 0.5) is 10.5 Å². The summed E-state index contributed by atoms with van der Waals surface area (Å²) < 4.78 is 22.5. The van der Waals surface area contributed by atoms with Crippen LogP contribution in [-0.2, 0) is 11.2 Å². The number of likely N-dealkylation sites (N-methyl/N-ethyl adjacent to an activating group) is 1. The number of non-ortho nitro benzene ring substituents is 1. The predicted molar refractivity (Wildman–Crippen MR) is 124 cm³/mol. The molecule has 1 heterocycles. The van der Waals surface area contributed by atoms with Gasteiger partial charge < -0.3 is 29.0 Å². The Balaban J connectivity index is 1.44. The summed E-state index contributed by atoms with van der Waals surface area (Å²) in [5, 5.41) is 22.8. The molecule has 10 nitrogen and oxygen atoms in total. The van der Waals surface area contributed by atoms with Gasteiger partial charge in [0.2, 0.25) is 0 Å². The second-order valence-electron chi connectivity index (χ2n) is 8.99. The third-order valence-corrected chi connectivity index (χ3v) is 7.25. The first-order valence-corrected chi connectivity index (χ1v) is 11.4. The highest BCUT2D eigenvalue weighted by molar-refractivity contribution is 5.67. The number of methoxy groups -OCH3 is 1. The zero-order chi connectivity index (χ0) is 24.9. The first kappa shape index (κ1) is 23.1. The van der Waals surface area contributed by atoms with Gasteiger partial charge in [-0.15, -0.1) is 0 Å². The van der Waals surface area contributed by atoms with E-state index in [1.165, 1.54) is 24.3 Å². The molecular weight excluding hydrogens is 456 g/mol. The predicted octanol–water partition coefficient (Wildman–Crippen LogP) is 3.56. The number of carbonyl (C=O) groups excluding carboxylic acids is 1. The summed E-state index contributed by atoms with van der Waals surface area (Å²) in [4.78, 5) is 25.0. The van der Waals surface area contributed by atoms with Crippen molar-refractivity contribution in [2.24, 2.45) is 0 Å². The van der Waals surface area contributed by atoms with E-state index in [2.05, 4.69) is 4.90 Å². The summed E-state index contributed by atoms with van der Waals surface area (Å²) in [5.74, 6) is 1.00. The molecule has 2 aromatic rings. The van der Waals surface area contributed by atoms with Crippen molar-refractivity contribution < 1.29 is 33.8 Å². The lowest BCUT2D eigenvalue weighted by Gasteiger charge is -2.50. The number of aliphatic hydroxyl groups is 1. The zero-order valence-electron chi connectivity index (χ0n) is 19.6. The Bertz CT molecular complexity index is 1210. The van der Waals surface area contributed by atoms with E-state index in [9.17, 15) is 20.0 Å². The number of ether oxygens (including phenoxy) is 4. The first-order chi connectivity index (χ1) is 16.8. The summed E-state index contributed by atoms with van der Waals surface area (Å²) in [7, 11) is 3.54. The highest BCUT2D eigenvalue weighted by atomic mass is 16.7. The second-order valence-corrected chi connectivity index (χ2v) is 8.99. The lowest BCUT2D eigenvalue weighted by atomic mass is 9.63. The molecule has 0 aromatic heterocycles. The van der Waals surface area contributed by atoms with Crippen LogP contribution in [-0.4, -0.2) is 59.5 Å². The Morgan fingerprint density at radius 1 is 1.26 bits per heavy atom. The van der Waals surface area contributed by atoms with E-state index < -0.39 is 28.7 Å². The minimum Gasteiger partial charge on any atom is -0.493 e. The van der Waals surface area contributed by atoms with Crippen LogP contribution in [0, 0.1) is 10.1 Å². The maximum absolute atomic E-state index is 12.6. The van der Waals surface area contributed by atoms with Gasteiger partial charge in [0.1, 0.15) is 11.5 Å². The third kappa shape index (κ3) is 3.69. The monoisotopic (exact) mass is 482 g/mol. The van der Waals surface area contributed by atoms with Crippen molar-refractivity contribution in [1.29, 1.82) is 0 Å². The normalized spacial score (nSPS) is 25.9. The van der Waals surface area contributed by atoms with Gasteiger partial charge in [-0.3, -0.25) is 10.1 Å². The molecular formula is C25H26N2O8. The van der Waals surface area contributed by atoms with Crippen LogP contribution in [0.3, 0.4) is 0 Å². The van der Waals surface area contributed by atoms with Crippen molar-refractivity contribution in [3.05, 3.63) is 69.5 Å². The summed E-state index contributed by atoms with van der Waals surface area (Å²) >= 11 is 0. The Morgan fingerprint density at radius 2 is 2.00 bits per heavy atom. The maximum Gasteiger partial charge on any atom is 0.519 e. The van der Waals surface area contributed by atoms with Crippen LogP contribution < -0.4 is 14.2 Å². The van der Waals surface area contributed by atoms with E-state index in [0.29, 0.717) is 17.9 Å². The van der Waals surface area contributed by atoms with Crippen LogP contribution in [0.1, 0.15) is 30.4 Å². The molecule has 184 valence electrons. The van der Waals surface area contributed by atoms with Crippen molar-refractivity contribution in [3.8, 4) is 17.2 Å². The van der Waals surface area contributed by atoms with Gasteiger partial charge >= 0.3 is 6.16 Å². The number of benzene rings is 2. The number of hydrogen-bond donors (Lipinski definition) is 1. The number of nitro benzene ring substituents is 1. The quantitative estimate of drug-likeness (QED) is 0.285. The van der Waals surface area contributed by atoms with Crippen molar-refractivity contribution >= 4 is 11.8 Å². The van der Waals surface area contributed by atoms with Gasteiger partial charge in [0.15, 0.2) is 17.6 Å². The summed E-state index contributed by atoms with van der Waals surface area (Å²) in [5.41, 5.74) is 0.703. The Labute approximate surface area is 201 Å². The van der Waals surface area contributed by atoms with Crippen molar-refractivity contribution in [3.63, 3.8) is 0 Å². The fourth-order valence-electron chi connectivity index (χ4n) is 5.44. The van der Waals surface area contributed by atoms with E-state index in [1.807, 2.05) is 26.1 Å².